The first kappa shape index (κ1) is 25.9. The fraction of sp³-hybridized carbons (Fsp3) is 0.667. The number of benzene rings is 1. The summed E-state index contributed by atoms with van der Waals surface area (Å²) < 4.78 is 11.0. The lowest BCUT2D eigenvalue weighted by Gasteiger charge is -2.39. The van der Waals surface area contributed by atoms with Gasteiger partial charge < -0.3 is 19.7 Å². The molecule has 0 spiro atoms. The number of piperidine rings is 1. The summed E-state index contributed by atoms with van der Waals surface area (Å²) in [6.07, 6.45) is 3.82. The summed E-state index contributed by atoms with van der Waals surface area (Å²) in [4.78, 5) is 19.6. The first-order chi connectivity index (χ1) is 14.6. The maximum atomic E-state index is 12.3. The Morgan fingerprint density at radius 3 is 2.71 bits per heavy atom. The molecule has 0 aromatic heterocycles. The van der Waals surface area contributed by atoms with Gasteiger partial charge in [0.1, 0.15) is 0 Å². The van der Waals surface area contributed by atoms with Crippen molar-refractivity contribution in [1.29, 1.82) is 0 Å². The number of aryl methyl sites for hydroxylation is 1. The van der Waals surface area contributed by atoms with Gasteiger partial charge in [-0.15, -0.1) is 24.0 Å². The van der Waals surface area contributed by atoms with E-state index in [1.54, 1.807) is 0 Å². The van der Waals surface area contributed by atoms with Crippen LogP contribution < -0.4 is 5.32 Å². The molecule has 1 aromatic carbocycles. The molecule has 0 amide bonds. The van der Waals surface area contributed by atoms with Gasteiger partial charge in [-0.1, -0.05) is 24.3 Å². The quantitative estimate of drug-likeness (QED) is 0.255. The highest BCUT2D eigenvalue weighted by Gasteiger charge is 2.36. The summed E-state index contributed by atoms with van der Waals surface area (Å²) in [5.41, 5.74) is 2.71. The molecule has 2 aliphatic heterocycles. The number of carbonyl (C=O) groups excluding carboxylic acids is 1. The number of esters is 1. The van der Waals surface area contributed by atoms with Crippen molar-refractivity contribution >= 4 is 35.9 Å². The zero-order chi connectivity index (χ0) is 21.4. The Labute approximate surface area is 204 Å². The van der Waals surface area contributed by atoms with Gasteiger partial charge in [0.15, 0.2) is 5.96 Å². The first-order valence-electron chi connectivity index (χ1n) is 11.4. The van der Waals surface area contributed by atoms with Crippen molar-refractivity contribution in [3.8, 4) is 0 Å². The van der Waals surface area contributed by atoms with E-state index in [2.05, 4.69) is 48.3 Å². The second kappa shape index (κ2) is 12.6. The highest BCUT2D eigenvalue weighted by atomic mass is 127. The van der Waals surface area contributed by atoms with Crippen LogP contribution in [0.25, 0.3) is 0 Å². The lowest BCUT2D eigenvalue weighted by molar-refractivity contribution is -0.149. The molecule has 174 valence electrons. The average Bonchev–Trinajstić information content (AvgIpc) is 2.78. The third-order valence-corrected chi connectivity index (χ3v) is 6.37. The van der Waals surface area contributed by atoms with Gasteiger partial charge in [0, 0.05) is 38.3 Å². The number of nitrogens with zero attached hydrogens (tertiary/aromatic N) is 2. The predicted molar refractivity (Wildman–Crippen MR) is 135 cm³/mol. The third-order valence-electron chi connectivity index (χ3n) is 6.37. The lowest BCUT2D eigenvalue weighted by atomic mass is 9.72. The molecule has 1 unspecified atom stereocenters. The van der Waals surface area contributed by atoms with E-state index in [1.807, 2.05) is 6.92 Å². The topological polar surface area (TPSA) is 63.2 Å². The molecule has 2 saturated heterocycles. The van der Waals surface area contributed by atoms with Gasteiger partial charge in [0.25, 0.3) is 0 Å². The van der Waals surface area contributed by atoms with E-state index < -0.39 is 0 Å². The number of ether oxygens (including phenoxy) is 2. The highest BCUT2D eigenvalue weighted by Crippen LogP contribution is 2.37. The highest BCUT2D eigenvalue weighted by molar-refractivity contribution is 14.0. The van der Waals surface area contributed by atoms with Crippen molar-refractivity contribution in [3.05, 3.63) is 35.4 Å². The minimum Gasteiger partial charge on any atom is -0.466 e. The Balaban J connectivity index is 0.00000341. The Bertz CT molecular complexity index is 735. The van der Waals surface area contributed by atoms with Crippen LogP contribution in [0.2, 0.25) is 0 Å². The van der Waals surface area contributed by atoms with E-state index in [4.69, 9.17) is 14.5 Å². The largest absolute Gasteiger partial charge is 0.466 e. The molecule has 0 bridgehead atoms. The van der Waals surface area contributed by atoms with Gasteiger partial charge in [-0.3, -0.25) is 9.79 Å². The predicted octanol–water partition coefficient (Wildman–Crippen LogP) is 3.90. The van der Waals surface area contributed by atoms with Gasteiger partial charge in [-0.2, -0.15) is 0 Å². The number of guanidine groups is 1. The molecule has 2 fully saturated rings. The maximum Gasteiger partial charge on any atom is 0.310 e. The van der Waals surface area contributed by atoms with E-state index in [1.165, 1.54) is 11.1 Å². The molecule has 3 rings (SSSR count). The van der Waals surface area contributed by atoms with Crippen LogP contribution in [0.1, 0.15) is 50.7 Å². The number of aliphatic imine (C=N–C) groups is 1. The molecular weight excluding hydrogens is 505 g/mol. The molecule has 0 radical (unpaired) electrons. The lowest BCUT2D eigenvalue weighted by Crippen LogP contribution is -2.49. The van der Waals surface area contributed by atoms with E-state index in [-0.39, 0.29) is 41.3 Å². The SMILES string of the molecule is CCNC(=NCC1(c2ccccc2C)CCOCC1)N1CCCC(C(=O)OCC)C1.I. The van der Waals surface area contributed by atoms with Crippen molar-refractivity contribution in [2.45, 2.75) is 51.9 Å². The molecular formula is C24H38IN3O3. The number of halogens is 1. The van der Waals surface area contributed by atoms with Gasteiger partial charge >= 0.3 is 5.97 Å². The summed E-state index contributed by atoms with van der Waals surface area (Å²) in [6.45, 7) is 11.2. The molecule has 2 aliphatic rings. The van der Waals surface area contributed by atoms with Gasteiger partial charge in [0.2, 0.25) is 0 Å². The van der Waals surface area contributed by atoms with Crippen molar-refractivity contribution in [3.63, 3.8) is 0 Å². The van der Waals surface area contributed by atoms with Crippen LogP contribution in [-0.2, 0) is 19.7 Å². The molecule has 31 heavy (non-hydrogen) atoms. The van der Waals surface area contributed by atoms with Gasteiger partial charge in [-0.05, 0) is 57.6 Å². The van der Waals surface area contributed by atoms with Crippen LogP contribution in [0.5, 0.6) is 0 Å². The fourth-order valence-corrected chi connectivity index (χ4v) is 4.72. The van der Waals surface area contributed by atoms with E-state index in [0.717, 1.165) is 64.5 Å². The first-order valence-corrected chi connectivity index (χ1v) is 11.4. The summed E-state index contributed by atoms with van der Waals surface area (Å²) in [5.74, 6) is 0.751. The summed E-state index contributed by atoms with van der Waals surface area (Å²) >= 11 is 0. The van der Waals surface area contributed by atoms with Crippen molar-refractivity contribution in [2.75, 3.05) is 46.0 Å². The zero-order valence-corrected chi connectivity index (χ0v) is 21.5. The number of carbonyl (C=O) groups is 1. The molecule has 6 nitrogen and oxygen atoms in total. The number of hydrogen-bond acceptors (Lipinski definition) is 4. The van der Waals surface area contributed by atoms with Crippen LogP contribution in [-0.4, -0.2) is 62.8 Å². The smallest absolute Gasteiger partial charge is 0.310 e. The van der Waals surface area contributed by atoms with Gasteiger partial charge in [0.05, 0.1) is 19.1 Å². The third kappa shape index (κ3) is 6.57. The minimum atomic E-state index is -0.0844. The van der Waals surface area contributed by atoms with E-state index in [0.29, 0.717) is 13.2 Å². The minimum absolute atomic E-state index is 0. The molecule has 1 N–H and O–H groups in total. The van der Waals surface area contributed by atoms with Crippen molar-refractivity contribution in [2.24, 2.45) is 10.9 Å². The molecule has 7 heteroatoms. The van der Waals surface area contributed by atoms with Crippen LogP contribution in [0, 0.1) is 12.8 Å². The number of nitrogens with one attached hydrogen (secondary N) is 1. The Morgan fingerprint density at radius 2 is 2.03 bits per heavy atom. The van der Waals surface area contributed by atoms with Crippen LogP contribution in [0.3, 0.4) is 0 Å². The number of likely N-dealkylation sites (tertiary alicyclic amines) is 1. The van der Waals surface area contributed by atoms with Crippen LogP contribution in [0.15, 0.2) is 29.3 Å². The van der Waals surface area contributed by atoms with Crippen LogP contribution in [0.4, 0.5) is 0 Å². The molecule has 0 saturated carbocycles. The summed E-state index contributed by atoms with van der Waals surface area (Å²) in [7, 11) is 0. The van der Waals surface area contributed by atoms with E-state index in [9.17, 15) is 4.79 Å². The summed E-state index contributed by atoms with van der Waals surface area (Å²) in [5, 5.41) is 3.46. The van der Waals surface area contributed by atoms with Gasteiger partial charge in [-0.25, -0.2) is 0 Å². The van der Waals surface area contributed by atoms with Crippen LogP contribution >= 0.6 is 24.0 Å². The normalized spacial score (nSPS) is 21.2. The monoisotopic (exact) mass is 543 g/mol. The Kier molecular flexibility index (Phi) is 10.6. The van der Waals surface area contributed by atoms with Crippen molar-refractivity contribution < 1.29 is 14.3 Å². The molecule has 1 atom stereocenters. The molecule has 0 aliphatic carbocycles. The Hall–Kier alpha value is -1.35. The maximum absolute atomic E-state index is 12.3. The Morgan fingerprint density at radius 1 is 1.29 bits per heavy atom. The molecule has 2 heterocycles. The van der Waals surface area contributed by atoms with E-state index >= 15 is 0 Å². The standard InChI is InChI=1S/C24H37N3O3.HI/c1-4-25-23(27-14-8-10-20(17-27)22(28)30-5-2)26-18-24(12-15-29-16-13-24)21-11-7-6-9-19(21)3;/h6-7,9,11,20H,4-5,8,10,12-18H2,1-3H3,(H,25,26);1H. The zero-order valence-electron chi connectivity index (χ0n) is 19.2. The number of rotatable bonds is 6. The number of hydrogen-bond donors (Lipinski definition) is 1. The van der Waals surface area contributed by atoms with Crippen molar-refractivity contribution in [1.82, 2.24) is 10.2 Å². The summed E-state index contributed by atoms with van der Waals surface area (Å²) in [6, 6.07) is 8.67. The average molecular weight is 543 g/mol. The second-order valence-electron chi connectivity index (χ2n) is 8.42. The molecule has 1 aromatic rings. The fourth-order valence-electron chi connectivity index (χ4n) is 4.72. The second-order valence-corrected chi connectivity index (χ2v) is 8.42.